The fourth-order valence-electron chi connectivity index (χ4n) is 2.65. The summed E-state index contributed by atoms with van der Waals surface area (Å²) >= 11 is 0. The lowest BCUT2D eigenvalue weighted by Gasteiger charge is -2.07. The van der Waals surface area contributed by atoms with Crippen molar-refractivity contribution in [1.29, 1.82) is 0 Å². The SMILES string of the molecule is COC(=O)c1cccc(NC(=O)C2C(C(=O)O)C2(C)C)c1. The molecule has 0 aliphatic heterocycles. The van der Waals surface area contributed by atoms with Crippen molar-refractivity contribution in [1.82, 2.24) is 0 Å². The van der Waals surface area contributed by atoms with Crippen LogP contribution in [0.5, 0.6) is 0 Å². The number of carbonyl (C=O) groups is 3. The molecule has 1 aromatic carbocycles. The van der Waals surface area contributed by atoms with Gasteiger partial charge in [0.25, 0.3) is 0 Å². The lowest BCUT2D eigenvalue weighted by molar-refractivity contribution is -0.140. The number of carboxylic acid groups (broad SMARTS) is 1. The first kappa shape index (κ1) is 15.0. The Kier molecular flexibility index (Phi) is 3.72. The van der Waals surface area contributed by atoms with Crippen LogP contribution < -0.4 is 5.32 Å². The van der Waals surface area contributed by atoms with E-state index in [-0.39, 0.29) is 5.91 Å². The van der Waals surface area contributed by atoms with Gasteiger partial charge in [0.15, 0.2) is 0 Å². The molecule has 0 aromatic heterocycles. The van der Waals surface area contributed by atoms with Crippen LogP contribution in [0.2, 0.25) is 0 Å². The molecular formula is C15H17NO5. The molecule has 2 atom stereocenters. The number of nitrogens with one attached hydrogen (secondary N) is 1. The maximum Gasteiger partial charge on any atom is 0.337 e. The summed E-state index contributed by atoms with van der Waals surface area (Å²) in [4.78, 5) is 34.7. The summed E-state index contributed by atoms with van der Waals surface area (Å²) in [7, 11) is 1.28. The van der Waals surface area contributed by atoms with E-state index in [2.05, 4.69) is 10.1 Å². The summed E-state index contributed by atoms with van der Waals surface area (Å²) in [6.07, 6.45) is 0. The van der Waals surface area contributed by atoms with Crippen LogP contribution in [-0.2, 0) is 14.3 Å². The van der Waals surface area contributed by atoms with E-state index in [9.17, 15) is 14.4 Å². The van der Waals surface area contributed by atoms with E-state index < -0.39 is 29.2 Å². The summed E-state index contributed by atoms with van der Waals surface area (Å²) in [6.45, 7) is 3.50. The van der Waals surface area contributed by atoms with Crippen LogP contribution in [0.25, 0.3) is 0 Å². The van der Waals surface area contributed by atoms with E-state index in [0.29, 0.717) is 11.3 Å². The van der Waals surface area contributed by atoms with Crippen LogP contribution in [0.4, 0.5) is 5.69 Å². The van der Waals surface area contributed by atoms with Crippen molar-refractivity contribution in [2.24, 2.45) is 17.3 Å². The molecule has 6 heteroatoms. The number of amides is 1. The van der Waals surface area contributed by atoms with Crippen molar-refractivity contribution < 1.29 is 24.2 Å². The van der Waals surface area contributed by atoms with Gasteiger partial charge in [0.05, 0.1) is 24.5 Å². The summed E-state index contributed by atoms with van der Waals surface area (Å²) < 4.78 is 4.61. The third kappa shape index (κ3) is 2.74. The number of rotatable bonds is 4. The number of benzene rings is 1. The van der Waals surface area contributed by atoms with E-state index >= 15 is 0 Å². The standard InChI is InChI=1S/C15H17NO5/c1-15(2)10(11(15)13(18)19)12(17)16-9-6-4-5-8(7-9)14(20)21-3/h4-7,10-11H,1-3H3,(H,16,17)(H,18,19). The molecule has 2 rings (SSSR count). The van der Waals surface area contributed by atoms with E-state index in [1.165, 1.54) is 13.2 Å². The summed E-state index contributed by atoms with van der Waals surface area (Å²) in [5, 5.41) is 11.7. The predicted molar refractivity (Wildman–Crippen MR) is 74.8 cm³/mol. The monoisotopic (exact) mass is 291 g/mol. The number of hydrogen-bond acceptors (Lipinski definition) is 4. The maximum absolute atomic E-state index is 12.2. The zero-order chi connectivity index (χ0) is 15.8. The molecule has 0 bridgehead atoms. The number of carboxylic acids is 1. The molecule has 6 nitrogen and oxygen atoms in total. The molecule has 21 heavy (non-hydrogen) atoms. The molecule has 0 heterocycles. The number of methoxy groups -OCH3 is 1. The van der Waals surface area contributed by atoms with Crippen LogP contribution >= 0.6 is 0 Å². The Morgan fingerprint density at radius 2 is 1.90 bits per heavy atom. The highest BCUT2D eigenvalue weighted by Gasteiger charge is 2.65. The van der Waals surface area contributed by atoms with Gasteiger partial charge >= 0.3 is 11.9 Å². The van der Waals surface area contributed by atoms with Gasteiger partial charge in [-0.2, -0.15) is 0 Å². The molecule has 2 N–H and O–H groups in total. The third-order valence-corrected chi connectivity index (χ3v) is 3.93. The van der Waals surface area contributed by atoms with Crippen LogP contribution in [0, 0.1) is 17.3 Å². The van der Waals surface area contributed by atoms with Gasteiger partial charge in [-0.15, -0.1) is 0 Å². The third-order valence-electron chi connectivity index (χ3n) is 3.93. The lowest BCUT2D eigenvalue weighted by atomic mass is 10.1. The van der Waals surface area contributed by atoms with Gasteiger partial charge in [-0.3, -0.25) is 9.59 Å². The van der Waals surface area contributed by atoms with Crippen LogP contribution in [0.3, 0.4) is 0 Å². The first-order valence-electron chi connectivity index (χ1n) is 6.51. The second-order valence-corrected chi connectivity index (χ2v) is 5.68. The number of esters is 1. The molecule has 0 radical (unpaired) electrons. The average molecular weight is 291 g/mol. The van der Waals surface area contributed by atoms with Crippen LogP contribution in [0.1, 0.15) is 24.2 Å². The zero-order valence-electron chi connectivity index (χ0n) is 12.0. The van der Waals surface area contributed by atoms with Crippen molar-refractivity contribution >= 4 is 23.5 Å². The first-order valence-corrected chi connectivity index (χ1v) is 6.51. The molecule has 0 saturated heterocycles. The Balaban J connectivity index is 2.11. The number of ether oxygens (including phenoxy) is 1. The molecule has 1 aliphatic carbocycles. The van der Waals surface area contributed by atoms with Crippen molar-refractivity contribution in [3.63, 3.8) is 0 Å². The van der Waals surface area contributed by atoms with Crippen molar-refractivity contribution in [2.45, 2.75) is 13.8 Å². The van der Waals surface area contributed by atoms with Gasteiger partial charge in [0.1, 0.15) is 0 Å². The second kappa shape index (κ2) is 5.20. The van der Waals surface area contributed by atoms with E-state index in [1.807, 2.05) is 0 Å². The van der Waals surface area contributed by atoms with E-state index in [4.69, 9.17) is 5.11 Å². The van der Waals surface area contributed by atoms with Crippen LogP contribution in [-0.4, -0.2) is 30.1 Å². The Labute approximate surface area is 122 Å². The lowest BCUT2D eigenvalue weighted by Crippen LogP contribution is -2.18. The summed E-state index contributed by atoms with van der Waals surface area (Å²) in [6, 6.07) is 6.32. The van der Waals surface area contributed by atoms with Crippen molar-refractivity contribution in [2.75, 3.05) is 12.4 Å². The fraction of sp³-hybridized carbons (Fsp3) is 0.400. The van der Waals surface area contributed by atoms with Crippen molar-refractivity contribution in [3.05, 3.63) is 29.8 Å². The second-order valence-electron chi connectivity index (χ2n) is 5.68. The summed E-state index contributed by atoms with van der Waals surface area (Å²) in [5.41, 5.74) is 0.200. The maximum atomic E-state index is 12.2. The highest BCUT2D eigenvalue weighted by molar-refractivity contribution is 6.00. The Bertz CT molecular complexity index is 608. The fourth-order valence-corrected chi connectivity index (χ4v) is 2.65. The van der Waals surface area contributed by atoms with Gasteiger partial charge in [0.2, 0.25) is 5.91 Å². The normalized spacial score (nSPS) is 22.2. The summed E-state index contributed by atoms with van der Waals surface area (Å²) in [5.74, 6) is -3.07. The Hall–Kier alpha value is -2.37. The number of carbonyl (C=O) groups excluding carboxylic acids is 2. The molecule has 0 spiro atoms. The molecule has 112 valence electrons. The molecule has 2 unspecified atom stereocenters. The molecule has 1 aromatic rings. The smallest absolute Gasteiger partial charge is 0.337 e. The highest BCUT2D eigenvalue weighted by atomic mass is 16.5. The molecule has 1 fully saturated rings. The molecule has 1 amide bonds. The number of anilines is 1. The van der Waals surface area contributed by atoms with Gasteiger partial charge in [-0.25, -0.2) is 4.79 Å². The number of hydrogen-bond donors (Lipinski definition) is 2. The van der Waals surface area contributed by atoms with Gasteiger partial charge in [0, 0.05) is 5.69 Å². The zero-order valence-corrected chi connectivity index (χ0v) is 12.0. The minimum absolute atomic E-state index is 0.320. The van der Waals surface area contributed by atoms with Crippen molar-refractivity contribution in [3.8, 4) is 0 Å². The first-order chi connectivity index (χ1) is 9.78. The Morgan fingerprint density at radius 3 is 2.43 bits per heavy atom. The highest BCUT2D eigenvalue weighted by Crippen LogP contribution is 2.58. The van der Waals surface area contributed by atoms with Crippen LogP contribution in [0.15, 0.2) is 24.3 Å². The topological polar surface area (TPSA) is 92.7 Å². The van der Waals surface area contributed by atoms with E-state index in [1.54, 1.807) is 32.0 Å². The number of aliphatic carboxylic acids is 1. The minimum Gasteiger partial charge on any atom is -0.481 e. The van der Waals surface area contributed by atoms with E-state index in [0.717, 1.165) is 0 Å². The molecule has 1 aliphatic rings. The Morgan fingerprint density at radius 1 is 1.24 bits per heavy atom. The minimum atomic E-state index is -0.969. The predicted octanol–water partition coefficient (Wildman–Crippen LogP) is 1.77. The van der Waals surface area contributed by atoms with Gasteiger partial charge in [-0.05, 0) is 23.6 Å². The molecule has 1 saturated carbocycles. The largest absolute Gasteiger partial charge is 0.481 e. The van der Waals surface area contributed by atoms with Gasteiger partial charge in [-0.1, -0.05) is 19.9 Å². The molecular weight excluding hydrogens is 274 g/mol. The van der Waals surface area contributed by atoms with Gasteiger partial charge < -0.3 is 15.2 Å². The average Bonchev–Trinajstić information content (AvgIpc) is 3.01. The quantitative estimate of drug-likeness (QED) is 0.825.